The van der Waals surface area contributed by atoms with Crippen molar-refractivity contribution in [2.75, 3.05) is 0 Å². The lowest BCUT2D eigenvalue weighted by Crippen LogP contribution is -2.27. The lowest BCUT2D eigenvalue weighted by Gasteiger charge is -2.26. The van der Waals surface area contributed by atoms with E-state index < -0.39 is 5.67 Å². The molecular weight excluding hydrogens is 151 g/mol. The smallest absolute Gasteiger partial charge is 0.131 e. The molecule has 0 saturated heterocycles. The first-order chi connectivity index (χ1) is 5.42. The number of alkyl halides is 1. The maximum absolute atomic E-state index is 13.5. The van der Waals surface area contributed by atoms with E-state index in [-0.39, 0.29) is 5.92 Å². The lowest BCUT2D eigenvalue weighted by atomic mass is 9.86. The van der Waals surface area contributed by atoms with Crippen molar-refractivity contribution >= 4 is 0 Å². The normalized spacial score (nSPS) is 14.5. The summed E-state index contributed by atoms with van der Waals surface area (Å²) in [5, 5.41) is 0. The van der Waals surface area contributed by atoms with E-state index in [1.165, 1.54) is 0 Å². The summed E-state index contributed by atoms with van der Waals surface area (Å²) in [6.45, 7) is 17.0. The average Bonchev–Trinajstić information content (AvgIpc) is 2.06. The lowest BCUT2D eigenvalue weighted by molar-refractivity contribution is 0.165. The highest BCUT2D eigenvalue weighted by Crippen LogP contribution is 2.30. The summed E-state index contributed by atoms with van der Waals surface area (Å²) in [7, 11) is 0. The van der Waals surface area contributed by atoms with Gasteiger partial charge in [-0.2, -0.15) is 0 Å². The molecule has 0 aromatic heterocycles. The van der Waals surface area contributed by atoms with Gasteiger partial charge in [0.1, 0.15) is 5.67 Å². The molecule has 1 heteroatoms. The molecule has 0 nitrogen and oxygen atoms in total. The molecule has 0 amide bonds. The zero-order valence-electron chi connectivity index (χ0n) is 8.78. The largest absolute Gasteiger partial charge is 0.239 e. The first-order valence-electron chi connectivity index (χ1n) is 4.30. The minimum Gasteiger partial charge on any atom is -0.239 e. The van der Waals surface area contributed by atoms with Crippen LogP contribution in [0.15, 0.2) is 25.3 Å². The van der Waals surface area contributed by atoms with Crippen molar-refractivity contribution in [1.82, 2.24) is 0 Å². The Bertz CT molecular complexity index is 134. The third kappa shape index (κ3) is 3.70. The summed E-state index contributed by atoms with van der Waals surface area (Å²) < 4.78 is 13.5. The first kappa shape index (κ1) is 14.0. The van der Waals surface area contributed by atoms with Gasteiger partial charge in [-0.25, -0.2) is 4.39 Å². The fourth-order valence-electron chi connectivity index (χ4n) is 0.754. The van der Waals surface area contributed by atoms with E-state index in [2.05, 4.69) is 19.7 Å². The summed E-state index contributed by atoms with van der Waals surface area (Å²) in [6, 6.07) is 0. The van der Waals surface area contributed by atoms with Gasteiger partial charge in [0.05, 0.1) is 0 Å². The second kappa shape index (κ2) is 5.99. The Labute approximate surface area is 76.2 Å². The Morgan fingerprint density at radius 3 is 1.83 bits per heavy atom. The molecule has 0 heterocycles. The van der Waals surface area contributed by atoms with Crippen molar-refractivity contribution in [3.8, 4) is 0 Å². The third-order valence-corrected chi connectivity index (χ3v) is 2.20. The van der Waals surface area contributed by atoms with Crippen molar-refractivity contribution < 1.29 is 4.39 Å². The Morgan fingerprint density at radius 2 is 1.75 bits per heavy atom. The molecule has 72 valence electrons. The summed E-state index contributed by atoms with van der Waals surface area (Å²) in [4.78, 5) is 0. The molecular formula is C11H21F. The summed E-state index contributed by atoms with van der Waals surface area (Å²) >= 11 is 0. The molecule has 1 unspecified atom stereocenters. The molecule has 0 aliphatic carbocycles. The van der Waals surface area contributed by atoms with Crippen LogP contribution in [-0.4, -0.2) is 5.67 Å². The Morgan fingerprint density at radius 1 is 1.42 bits per heavy atom. The van der Waals surface area contributed by atoms with E-state index in [1.807, 2.05) is 20.8 Å². The molecule has 0 rings (SSSR count). The van der Waals surface area contributed by atoms with E-state index in [9.17, 15) is 4.39 Å². The SMILES string of the molecule is C=C.C=C(CC)C(C)(F)C(C)C. The predicted octanol–water partition coefficient (Wildman–Crippen LogP) is 4.14. The first-order valence-corrected chi connectivity index (χ1v) is 4.30. The molecule has 0 fully saturated rings. The third-order valence-electron chi connectivity index (χ3n) is 2.20. The van der Waals surface area contributed by atoms with E-state index in [4.69, 9.17) is 0 Å². The average molecular weight is 172 g/mol. The van der Waals surface area contributed by atoms with Crippen molar-refractivity contribution in [1.29, 1.82) is 0 Å². The Hall–Kier alpha value is -0.590. The topological polar surface area (TPSA) is 0 Å². The van der Waals surface area contributed by atoms with Crippen molar-refractivity contribution in [3.63, 3.8) is 0 Å². The van der Waals surface area contributed by atoms with Crippen LogP contribution in [0.1, 0.15) is 34.1 Å². The van der Waals surface area contributed by atoms with Crippen LogP contribution < -0.4 is 0 Å². The highest BCUT2D eigenvalue weighted by molar-refractivity contribution is 5.11. The molecule has 0 saturated carbocycles. The van der Waals surface area contributed by atoms with Gasteiger partial charge in [-0.05, 0) is 24.8 Å². The predicted molar refractivity (Wildman–Crippen MR) is 55.0 cm³/mol. The zero-order chi connectivity index (χ0) is 10.4. The van der Waals surface area contributed by atoms with Crippen molar-refractivity contribution in [2.45, 2.75) is 39.8 Å². The minimum atomic E-state index is -1.19. The Balaban J connectivity index is 0. The quantitative estimate of drug-likeness (QED) is 0.561. The second-order valence-corrected chi connectivity index (χ2v) is 3.19. The van der Waals surface area contributed by atoms with E-state index in [0.717, 1.165) is 6.42 Å². The van der Waals surface area contributed by atoms with Crippen molar-refractivity contribution in [2.24, 2.45) is 5.92 Å². The molecule has 12 heavy (non-hydrogen) atoms. The summed E-state index contributed by atoms with van der Waals surface area (Å²) in [6.07, 6.45) is 0.727. The number of hydrogen-bond acceptors (Lipinski definition) is 0. The summed E-state index contributed by atoms with van der Waals surface area (Å²) in [5.74, 6) is 0.0277. The van der Waals surface area contributed by atoms with Crippen LogP contribution >= 0.6 is 0 Å². The van der Waals surface area contributed by atoms with Gasteiger partial charge >= 0.3 is 0 Å². The van der Waals surface area contributed by atoms with Gasteiger partial charge in [0.15, 0.2) is 0 Å². The van der Waals surface area contributed by atoms with Gasteiger partial charge in [0, 0.05) is 0 Å². The van der Waals surface area contributed by atoms with Crippen LogP contribution in [0.2, 0.25) is 0 Å². The van der Waals surface area contributed by atoms with Gasteiger partial charge in [-0.3, -0.25) is 0 Å². The van der Waals surface area contributed by atoms with Crippen LogP contribution in [0.4, 0.5) is 4.39 Å². The van der Waals surface area contributed by atoms with Gasteiger partial charge in [0.25, 0.3) is 0 Å². The van der Waals surface area contributed by atoms with Gasteiger partial charge in [0.2, 0.25) is 0 Å². The van der Waals surface area contributed by atoms with Crippen molar-refractivity contribution in [3.05, 3.63) is 25.3 Å². The standard InChI is InChI=1S/C9H17F.C2H4/c1-6-8(4)9(5,10)7(2)3;1-2/h7H,4,6H2,1-3,5H3;1-2H2. The molecule has 0 aromatic carbocycles. The van der Waals surface area contributed by atoms with E-state index >= 15 is 0 Å². The molecule has 0 bridgehead atoms. The van der Waals surface area contributed by atoms with Crippen LogP contribution in [-0.2, 0) is 0 Å². The van der Waals surface area contributed by atoms with Gasteiger partial charge in [-0.1, -0.05) is 27.4 Å². The highest BCUT2D eigenvalue weighted by Gasteiger charge is 2.29. The maximum atomic E-state index is 13.5. The molecule has 0 aliphatic heterocycles. The maximum Gasteiger partial charge on any atom is 0.131 e. The molecule has 0 aromatic rings. The van der Waals surface area contributed by atoms with E-state index in [1.54, 1.807) is 6.92 Å². The van der Waals surface area contributed by atoms with Crippen LogP contribution in [0.5, 0.6) is 0 Å². The van der Waals surface area contributed by atoms with Crippen LogP contribution in [0.3, 0.4) is 0 Å². The molecule has 0 N–H and O–H groups in total. The number of allylic oxidation sites excluding steroid dienone is 1. The Kier molecular flexibility index (Phi) is 6.96. The number of rotatable bonds is 3. The summed E-state index contributed by atoms with van der Waals surface area (Å²) in [5.41, 5.74) is -0.489. The number of hydrogen-bond donors (Lipinski definition) is 0. The van der Waals surface area contributed by atoms with E-state index in [0.29, 0.717) is 5.57 Å². The fraction of sp³-hybridized carbons (Fsp3) is 0.636. The van der Waals surface area contributed by atoms with Gasteiger partial charge in [-0.15, -0.1) is 13.2 Å². The monoisotopic (exact) mass is 172 g/mol. The number of halogens is 1. The molecule has 0 radical (unpaired) electrons. The fourth-order valence-corrected chi connectivity index (χ4v) is 0.754. The molecule has 0 spiro atoms. The highest BCUT2D eigenvalue weighted by atomic mass is 19.1. The molecule has 0 aliphatic rings. The second-order valence-electron chi connectivity index (χ2n) is 3.19. The minimum absolute atomic E-state index is 0.0277. The van der Waals surface area contributed by atoms with Crippen LogP contribution in [0, 0.1) is 5.92 Å². The zero-order valence-corrected chi connectivity index (χ0v) is 8.78. The van der Waals surface area contributed by atoms with Crippen LogP contribution in [0.25, 0.3) is 0 Å². The van der Waals surface area contributed by atoms with Gasteiger partial charge < -0.3 is 0 Å². The molecule has 1 atom stereocenters.